The van der Waals surface area contributed by atoms with Gasteiger partial charge in [0.1, 0.15) is 4.90 Å². The van der Waals surface area contributed by atoms with Crippen LogP contribution in [0, 0.1) is 0 Å². The number of aromatic nitrogens is 1. The smallest absolute Gasteiger partial charge is 0.307 e. The molecule has 0 fully saturated rings. The number of carboxylic acids is 1. The number of carbonyl (C=O) groups is 1. The third-order valence-corrected chi connectivity index (χ3v) is 8.65. The van der Waals surface area contributed by atoms with Crippen molar-refractivity contribution >= 4 is 27.8 Å². The average molecular weight is 533 g/mol. The summed E-state index contributed by atoms with van der Waals surface area (Å²) in [6, 6.07) is 28.4. The number of hydrogen-bond donors (Lipinski definition) is 1. The highest BCUT2D eigenvalue weighted by Gasteiger charge is 2.26. The zero-order chi connectivity index (χ0) is 26.1. The Balaban J connectivity index is 1.52. The molecule has 0 aliphatic heterocycles. The molecule has 1 aromatic heterocycles. The molecule has 0 bridgehead atoms. The topological polar surface area (TPSA) is 87.6 Å². The molecule has 8 heteroatoms. The summed E-state index contributed by atoms with van der Waals surface area (Å²) in [5, 5.41) is 9.31. The lowest BCUT2D eigenvalue weighted by atomic mass is 10.0. The standard InChI is InChI=1S/C29H28N2O4S2/c32-29(33)19-25-9-4-5-10-26(25)22-31(37(34,35)28-11-6-17-30-20-28)21-24-12-14-27(15-13-24)36-18-16-23-7-2-1-3-8-23/h1-15,17,20H,16,18-19,21-22H2,(H,32,33). The van der Waals surface area contributed by atoms with Crippen molar-refractivity contribution in [3.05, 3.63) is 126 Å². The highest BCUT2D eigenvalue weighted by atomic mass is 32.2. The van der Waals surface area contributed by atoms with Crippen LogP contribution in [0.2, 0.25) is 0 Å². The van der Waals surface area contributed by atoms with E-state index in [1.54, 1.807) is 42.1 Å². The Hall–Kier alpha value is -3.46. The van der Waals surface area contributed by atoms with Gasteiger partial charge < -0.3 is 5.11 Å². The van der Waals surface area contributed by atoms with E-state index in [0.717, 1.165) is 22.6 Å². The first kappa shape index (κ1) is 26.6. The van der Waals surface area contributed by atoms with Crippen molar-refractivity contribution in [3.8, 4) is 0 Å². The number of rotatable bonds is 12. The van der Waals surface area contributed by atoms with Crippen LogP contribution in [-0.4, -0.2) is 34.5 Å². The van der Waals surface area contributed by atoms with Crippen molar-refractivity contribution in [3.63, 3.8) is 0 Å². The summed E-state index contributed by atoms with van der Waals surface area (Å²) in [4.78, 5) is 16.6. The maximum Gasteiger partial charge on any atom is 0.307 e. The van der Waals surface area contributed by atoms with E-state index in [2.05, 4.69) is 17.1 Å². The summed E-state index contributed by atoms with van der Waals surface area (Å²) >= 11 is 1.76. The Morgan fingerprint density at radius 2 is 1.51 bits per heavy atom. The fraction of sp³-hybridized carbons (Fsp3) is 0.172. The molecule has 4 aromatic rings. The van der Waals surface area contributed by atoms with Crippen molar-refractivity contribution in [2.24, 2.45) is 0 Å². The summed E-state index contributed by atoms with van der Waals surface area (Å²) in [6.45, 7) is 0.196. The Morgan fingerprint density at radius 1 is 0.811 bits per heavy atom. The molecular formula is C29H28N2O4S2. The molecular weight excluding hydrogens is 504 g/mol. The average Bonchev–Trinajstić information content (AvgIpc) is 2.91. The lowest BCUT2D eigenvalue weighted by Gasteiger charge is -2.23. The number of benzene rings is 3. The summed E-state index contributed by atoms with van der Waals surface area (Å²) in [7, 11) is -3.88. The van der Waals surface area contributed by atoms with E-state index in [1.165, 1.54) is 28.3 Å². The second kappa shape index (κ2) is 12.7. The quantitative estimate of drug-likeness (QED) is 0.245. The Labute approximate surface area is 222 Å². The van der Waals surface area contributed by atoms with Gasteiger partial charge in [-0.15, -0.1) is 11.8 Å². The van der Waals surface area contributed by atoms with Gasteiger partial charge in [0.2, 0.25) is 10.0 Å². The lowest BCUT2D eigenvalue weighted by molar-refractivity contribution is -0.136. The first-order chi connectivity index (χ1) is 17.9. The largest absolute Gasteiger partial charge is 0.481 e. The Bertz CT molecular complexity index is 1410. The molecule has 4 rings (SSSR count). The van der Waals surface area contributed by atoms with Crippen LogP contribution in [0.3, 0.4) is 0 Å². The monoisotopic (exact) mass is 532 g/mol. The number of nitrogens with zero attached hydrogens (tertiary/aromatic N) is 2. The van der Waals surface area contributed by atoms with Crippen molar-refractivity contribution in [2.45, 2.75) is 35.7 Å². The molecule has 0 saturated heterocycles. The third-order valence-electron chi connectivity index (χ3n) is 5.86. The lowest BCUT2D eigenvalue weighted by Crippen LogP contribution is -2.31. The molecule has 1 heterocycles. The highest BCUT2D eigenvalue weighted by molar-refractivity contribution is 7.99. The predicted molar refractivity (Wildman–Crippen MR) is 146 cm³/mol. The van der Waals surface area contributed by atoms with Gasteiger partial charge in [-0.05, 0) is 52.9 Å². The number of carboxylic acid groups (broad SMARTS) is 1. The van der Waals surface area contributed by atoms with Gasteiger partial charge in [-0.1, -0.05) is 66.7 Å². The minimum absolute atomic E-state index is 0.0499. The number of thioether (sulfide) groups is 1. The zero-order valence-corrected chi connectivity index (χ0v) is 21.9. The maximum atomic E-state index is 13.6. The van der Waals surface area contributed by atoms with E-state index in [-0.39, 0.29) is 24.4 Å². The van der Waals surface area contributed by atoms with E-state index in [9.17, 15) is 18.3 Å². The fourth-order valence-electron chi connectivity index (χ4n) is 3.94. The zero-order valence-electron chi connectivity index (χ0n) is 20.2. The fourth-order valence-corrected chi connectivity index (χ4v) is 6.21. The van der Waals surface area contributed by atoms with Crippen LogP contribution in [0.4, 0.5) is 0 Å². The van der Waals surface area contributed by atoms with Crippen LogP contribution in [0.5, 0.6) is 0 Å². The molecule has 0 atom stereocenters. The van der Waals surface area contributed by atoms with Crippen LogP contribution in [0.1, 0.15) is 22.3 Å². The molecule has 0 amide bonds. The van der Waals surface area contributed by atoms with Gasteiger partial charge in [0, 0.05) is 36.1 Å². The predicted octanol–water partition coefficient (Wildman–Crippen LogP) is 5.43. The van der Waals surface area contributed by atoms with Gasteiger partial charge in [-0.2, -0.15) is 4.31 Å². The van der Waals surface area contributed by atoms with Crippen molar-refractivity contribution in [2.75, 3.05) is 5.75 Å². The normalized spacial score (nSPS) is 11.5. The van der Waals surface area contributed by atoms with Gasteiger partial charge in [0.15, 0.2) is 0 Å². The molecule has 0 aliphatic carbocycles. The van der Waals surface area contributed by atoms with E-state index in [4.69, 9.17) is 0 Å². The van der Waals surface area contributed by atoms with Crippen LogP contribution in [-0.2, 0) is 40.7 Å². The van der Waals surface area contributed by atoms with Crippen LogP contribution in [0.15, 0.2) is 113 Å². The molecule has 6 nitrogen and oxygen atoms in total. The SMILES string of the molecule is O=C(O)Cc1ccccc1CN(Cc1ccc(SCCc2ccccc2)cc1)S(=O)(=O)c1cccnc1. The second-order valence-electron chi connectivity index (χ2n) is 8.53. The molecule has 0 spiro atoms. The molecule has 190 valence electrons. The molecule has 0 radical (unpaired) electrons. The van der Waals surface area contributed by atoms with Crippen LogP contribution >= 0.6 is 11.8 Å². The van der Waals surface area contributed by atoms with Crippen LogP contribution in [0.25, 0.3) is 0 Å². The minimum Gasteiger partial charge on any atom is -0.481 e. The van der Waals surface area contributed by atoms with Gasteiger partial charge in [-0.3, -0.25) is 9.78 Å². The summed E-state index contributed by atoms with van der Waals surface area (Å²) in [5.74, 6) is -0.0138. The van der Waals surface area contributed by atoms with E-state index < -0.39 is 16.0 Å². The first-order valence-electron chi connectivity index (χ1n) is 11.9. The molecule has 0 unspecified atom stereocenters. The number of hydrogen-bond acceptors (Lipinski definition) is 5. The molecule has 1 N–H and O–H groups in total. The number of aryl methyl sites for hydroxylation is 1. The summed E-state index contributed by atoms with van der Waals surface area (Å²) < 4.78 is 28.5. The van der Waals surface area contributed by atoms with Gasteiger partial charge in [0.05, 0.1) is 6.42 Å². The number of pyridine rings is 1. The third kappa shape index (κ3) is 7.52. The van der Waals surface area contributed by atoms with Crippen molar-refractivity contribution in [1.82, 2.24) is 9.29 Å². The molecule has 37 heavy (non-hydrogen) atoms. The maximum absolute atomic E-state index is 13.6. The highest BCUT2D eigenvalue weighted by Crippen LogP contribution is 2.25. The summed E-state index contributed by atoms with van der Waals surface area (Å²) in [6.07, 6.45) is 3.66. The van der Waals surface area contributed by atoms with Crippen molar-refractivity contribution < 1.29 is 18.3 Å². The van der Waals surface area contributed by atoms with Gasteiger partial charge in [0.25, 0.3) is 0 Å². The first-order valence-corrected chi connectivity index (χ1v) is 14.3. The van der Waals surface area contributed by atoms with Gasteiger partial charge in [-0.25, -0.2) is 8.42 Å². The molecule has 3 aromatic carbocycles. The van der Waals surface area contributed by atoms with E-state index in [1.807, 2.05) is 42.5 Å². The second-order valence-corrected chi connectivity index (χ2v) is 11.6. The van der Waals surface area contributed by atoms with Gasteiger partial charge >= 0.3 is 5.97 Å². The Kier molecular flexibility index (Phi) is 9.11. The van der Waals surface area contributed by atoms with E-state index in [0.29, 0.717) is 11.1 Å². The molecule has 0 saturated carbocycles. The van der Waals surface area contributed by atoms with Crippen LogP contribution < -0.4 is 0 Å². The number of sulfonamides is 1. The molecule has 0 aliphatic rings. The minimum atomic E-state index is -3.88. The Morgan fingerprint density at radius 3 is 2.19 bits per heavy atom. The van der Waals surface area contributed by atoms with E-state index >= 15 is 0 Å². The van der Waals surface area contributed by atoms with Crippen molar-refractivity contribution in [1.29, 1.82) is 0 Å². The summed E-state index contributed by atoms with van der Waals surface area (Å²) in [5.41, 5.74) is 3.39. The number of aliphatic carboxylic acids is 1.